The average Bonchev–Trinajstić information content (AvgIpc) is 3.08. The van der Waals surface area contributed by atoms with Crippen molar-refractivity contribution in [3.05, 3.63) is 22.4 Å². The standard InChI is InChI=1S/C17H26N4O2S.HI/c1-17(2,13-6-5-11-24-13)12-20-16(18-3)19-9-10-21-14(22)7-4-8-15(21)23;/h5-6,11H,4,7-10,12H2,1-3H3,(H2,18,19,20);1H. The predicted molar refractivity (Wildman–Crippen MR) is 113 cm³/mol. The molecule has 2 N–H and O–H groups in total. The molecule has 2 rings (SSSR count). The van der Waals surface area contributed by atoms with Crippen LogP contribution < -0.4 is 10.6 Å². The molecule has 1 aliphatic rings. The van der Waals surface area contributed by atoms with Gasteiger partial charge in [0.15, 0.2) is 5.96 Å². The molecule has 0 unspecified atom stereocenters. The third kappa shape index (κ3) is 6.25. The number of aliphatic imine (C=N–C) groups is 1. The summed E-state index contributed by atoms with van der Waals surface area (Å²) in [7, 11) is 1.71. The molecule has 0 aromatic carbocycles. The molecule has 0 atom stereocenters. The lowest BCUT2D eigenvalue weighted by molar-refractivity contribution is -0.147. The van der Waals surface area contributed by atoms with Gasteiger partial charge < -0.3 is 10.6 Å². The molecule has 1 aromatic rings. The average molecular weight is 478 g/mol. The first kappa shape index (κ1) is 21.9. The quantitative estimate of drug-likeness (QED) is 0.285. The molecule has 0 bridgehead atoms. The number of halogens is 1. The summed E-state index contributed by atoms with van der Waals surface area (Å²) in [6, 6.07) is 4.19. The molecular weight excluding hydrogens is 451 g/mol. The SMILES string of the molecule is CN=C(NCCN1C(=O)CCCC1=O)NCC(C)(C)c1cccs1.I. The Hall–Kier alpha value is -1.16. The molecule has 1 fully saturated rings. The van der Waals surface area contributed by atoms with Gasteiger partial charge in [-0.3, -0.25) is 19.5 Å². The summed E-state index contributed by atoms with van der Waals surface area (Å²) in [5.41, 5.74) is 0.00455. The van der Waals surface area contributed by atoms with E-state index in [4.69, 9.17) is 0 Å². The highest BCUT2D eigenvalue weighted by molar-refractivity contribution is 14.0. The molecule has 140 valence electrons. The van der Waals surface area contributed by atoms with Crippen LogP contribution in [0, 0.1) is 0 Å². The smallest absolute Gasteiger partial charge is 0.229 e. The van der Waals surface area contributed by atoms with E-state index in [-0.39, 0.29) is 41.2 Å². The summed E-state index contributed by atoms with van der Waals surface area (Å²) in [4.78, 5) is 30.4. The Labute approximate surface area is 170 Å². The molecule has 0 aliphatic carbocycles. The second kappa shape index (κ2) is 10.1. The number of hydrogen-bond acceptors (Lipinski definition) is 4. The first-order valence-electron chi connectivity index (χ1n) is 8.26. The van der Waals surface area contributed by atoms with Crippen LogP contribution in [-0.4, -0.2) is 49.4 Å². The van der Waals surface area contributed by atoms with Gasteiger partial charge >= 0.3 is 0 Å². The molecule has 1 aliphatic heterocycles. The third-order valence-corrected chi connectivity index (χ3v) is 5.36. The van der Waals surface area contributed by atoms with E-state index in [0.29, 0.717) is 38.3 Å². The van der Waals surface area contributed by atoms with Crippen molar-refractivity contribution in [1.29, 1.82) is 0 Å². The fourth-order valence-corrected chi connectivity index (χ4v) is 3.46. The molecule has 0 spiro atoms. The number of piperidine rings is 1. The number of nitrogens with one attached hydrogen (secondary N) is 2. The third-order valence-electron chi connectivity index (χ3n) is 4.12. The Balaban J connectivity index is 0.00000312. The number of carbonyl (C=O) groups excluding carboxylic acids is 2. The highest BCUT2D eigenvalue weighted by Gasteiger charge is 2.25. The van der Waals surface area contributed by atoms with Gasteiger partial charge in [-0.2, -0.15) is 0 Å². The Morgan fingerprint density at radius 1 is 1.28 bits per heavy atom. The molecule has 0 saturated carbocycles. The molecule has 25 heavy (non-hydrogen) atoms. The number of hydrogen-bond donors (Lipinski definition) is 2. The van der Waals surface area contributed by atoms with Crippen LogP contribution in [0.3, 0.4) is 0 Å². The number of nitrogens with zero attached hydrogens (tertiary/aromatic N) is 2. The molecule has 8 heteroatoms. The van der Waals surface area contributed by atoms with Crippen molar-refractivity contribution in [2.75, 3.05) is 26.7 Å². The van der Waals surface area contributed by atoms with Crippen LogP contribution in [0.1, 0.15) is 38.0 Å². The van der Waals surface area contributed by atoms with Crippen molar-refractivity contribution < 1.29 is 9.59 Å². The summed E-state index contributed by atoms with van der Waals surface area (Å²) in [5.74, 6) is 0.529. The number of guanidine groups is 1. The Bertz CT molecular complexity index is 586. The lowest BCUT2D eigenvalue weighted by atomic mass is 9.91. The highest BCUT2D eigenvalue weighted by atomic mass is 127. The van der Waals surface area contributed by atoms with Crippen molar-refractivity contribution >= 4 is 53.1 Å². The van der Waals surface area contributed by atoms with Crippen LogP contribution in [0.15, 0.2) is 22.5 Å². The number of imide groups is 1. The van der Waals surface area contributed by atoms with E-state index in [0.717, 1.165) is 6.54 Å². The molecule has 2 amide bonds. The second-order valence-electron chi connectivity index (χ2n) is 6.51. The first-order valence-corrected chi connectivity index (χ1v) is 9.14. The maximum atomic E-state index is 11.8. The van der Waals surface area contributed by atoms with E-state index >= 15 is 0 Å². The number of rotatable bonds is 6. The zero-order valence-electron chi connectivity index (χ0n) is 15.0. The van der Waals surface area contributed by atoms with E-state index in [1.54, 1.807) is 18.4 Å². The van der Waals surface area contributed by atoms with Crippen LogP contribution in [0.4, 0.5) is 0 Å². The van der Waals surface area contributed by atoms with Gasteiger partial charge in [0.1, 0.15) is 0 Å². The van der Waals surface area contributed by atoms with Crippen molar-refractivity contribution in [3.63, 3.8) is 0 Å². The van der Waals surface area contributed by atoms with Crippen molar-refractivity contribution in [3.8, 4) is 0 Å². The van der Waals surface area contributed by atoms with E-state index in [2.05, 4.69) is 47.0 Å². The van der Waals surface area contributed by atoms with E-state index in [1.807, 2.05) is 0 Å². The Kier molecular flexibility index (Phi) is 8.84. The van der Waals surface area contributed by atoms with Gasteiger partial charge in [0.2, 0.25) is 11.8 Å². The molecular formula is C17H27IN4O2S. The highest BCUT2D eigenvalue weighted by Crippen LogP contribution is 2.26. The van der Waals surface area contributed by atoms with Gasteiger partial charge in [-0.05, 0) is 17.9 Å². The van der Waals surface area contributed by atoms with Crippen molar-refractivity contribution in [2.24, 2.45) is 4.99 Å². The lowest BCUT2D eigenvalue weighted by Crippen LogP contribution is -2.48. The number of amides is 2. The van der Waals surface area contributed by atoms with Crippen LogP contribution in [0.2, 0.25) is 0 Å². The first-order chi connectivity index (χ1) is 11.4. The van der Waals surface area contributed by atoms with E-state index in [1.165, 1.54) is 9.78 Å². The molecule has 2 heterocycles. The number of likely N-dealkylation sites (tertiary alicyclic amines) is 1. The van der Waals surface area contributed by atoms with Gasteiger partial charge in [-0.15, -0.1) is 35.3 Å². The Morgan fingerprint density at radius 3 is 2.52 bits per heavy atom. The van der Waals surface area contributed by atoms with Gasteiger partial charge in [0, 0.05) is 49.8 Å². The number of carbonyl (C=O) groups is 2. The van der Waals surface area contributed by atoms with Crippen LogP contribution in [0.5, 0.6) is 0 Å². The minimum atomic E-state index is -0.0742. The maximum absolute atomic E-state index is 11.8. The van der Waals surface area contributed by atoms with Gasteiger partial charge in [0.05, 0.1) is 0 Å². The predicted octanol–water partition coefficient (Wildman–Crippen LogP) is 2.35. The fourth-order valence-electron chi connectivity index (χ4n) is 2.61. The zero-order valence-corrected chi connectivity index (χ0v) is 18.1. The Morgan fingerprint density at radius 2 is 1.96 bits per heavy atom. The summed E-state index contributed by atoms with van der Waals surface area (Å²) >= 11 is 1.74. The summed E-state index contributed by atoms with van der Waals surface area (Å²) in [6.07, 6.45) is 1.60. The topological polar surface area (TPSA) is 73.8 Å². The minimum Gasteiger partial charge on any atom is -0.356 e. The molecule has 1 aromatic heterocycles. The van der Waals surface area contributed by atoms with Crippen molar-refractivity contribution in [1.82, 2.24) is 15.5 Å². The van der Waals surface area contributed by atoms with Crippen LogP contribution in [-0.2, 0) is 15.0 Å². The molecule has 1 saturated heterocycles. The zero-order chi connectivity index (χ0) is 17.6. The maximum Gasteiger partial charge on any atom is 0.229 e. The van der Waals surface area contributed by atoms with Crippen molar-refractivity contribution in [2.45, 2.75) is 38.5 Å². The number of thiophene rings is 1. The molecule has 0 radical (unpaired) electrons. The monoisotopic (exact) mass is 478 g/mol. The van der Waals surface area contributed by atoms with Crippen LogP contribution in [0.25, 0.3) is 0 Å². The molecule has 6 nitrogen and oxygen atoms in total. The lowest BCUT2D eigenvalue weighted by Gasteiger charge is -2.27. The minimum absolute atomic E-state index is 0. The second-order valence-corrected chi connectivity index (χ2v) is 7.45. The van der Waals surface area contributed by atoms with Gasteiger partial charge in [0.25, 0.3) is 0 Å². The normalized spacial score (nSPS) is 15.8. The summed E-state index contributed by atoms with van der Waals surface area (Å²) < 4.78 is 0. The summed E-state index contributed by atoms with van der Waals surface area (Å²) in [6.45, 7) is 5.99. The van der Waals surface area contributed by atoms with Crippen LogP contribution >= 0.6 is 35.3 Å². The summed E-state index contributed by atoms with van der Waals surface area (Å²) in [5, 5.41) is 8.57. The van der Waals surface area contributed by atoms with E-state index < -0.39 is 0 Å². The van der Waals surface area contributed by atoms with E-state index in [9.17, 15) is 9.59 Å². The largest absolute Gasteiger partial charge is 0.356 e. The fraction of sp³-hybridized carbons (Fsp3) is 0.588. The van der Waals surface area contributed by atoms with Gasteiger partial charge in [-0.1, -0.05) is 19.9 Å². The van der Waals surface area contributed by atoms with Gasteiger partial charge in [-0.25, -0.2) is 0 Å².